The van der Waals surface area contributed by atoms with Gasteiger partial charge in [-0.1, -0.05) is 12.1 Å². The van der Waals surface area contributed by atoms with Crippen LogP contribution in [0.4, 0.5) is 22.0 Å². The number of carboxylic acids is 1. The summed E-state index contributed by atoms with van der Waals surface area (Å²) in [6.45, 7) is 0. The highest BCUT2D eigenvalue weighted by molar-refractivity contribution is 5.89. The first-order valence-corrected chi connectivity index (χ1v) is 5.60. The van der Waals surface area contributed by atoms with Crippen molar-refractivity contribution in [2.24, 2.45) is 0 Å². The third kappa shape index (κ3) is 3.01. The highest BCUT2D eigenvalue weighted by Crippen LogP contribution is 2.31. The Morgan fingerprint density at radius 3 is 1.76 bits per heavy atom. The monoisotopic (exact) mass is 302 g/mol. The van der Waals surface area contributed by atoms with Crippen LogP contribution in [-0.2, 0) is 6.18 Å². The molecule has 0 saturated heterocycles. The van der Waals surface area contributed by atoms with Crippen LogP contribution in [0.2, 0.25) is 0 Å². The van der Waals surface area contributed by atoms with Crippen LogP contribution < -0.4 is 0 Å². The van der Waals surface area contributed by atoms with Crippen LogP contribution in [0.3, 0.4) is 0 Å². The lowest BCUT2D eigenvalue weighted by molar-refractivity contribution is -0.137. The Morgan fingerprint density at radius 1 is 0.905 bits per heavy atom. The van der Waals surface area contributed by atoms with Crippen LogP contribution in [0.15, 0.2) is 36.4 Å². The van der Waals surface area contributed by atoms with Crippen molar-refractivity contribution in [1.29, 1.82) is 0 Å². The lowest BCUT2D eigenvalue weighted by Crippen LogP contribution is -2.05. The van der Waals surface area contributed by atoms with Crippen LogP contribution in [0.1, 0.15) is 15.9 Å². The standard InChI is InChI=1S/C14H7F5O2/c15-10-5-8(6-11(16)12(10)13(20)21)7-1-3-9(4-2-7)14(17,18)19/h1-6H,(H,20,21). The Labute approximate surface area is 115 Å². The summed E-state index contributed by atoms with van der Waals surface area (Å²) >= 11 is 0. The average Bonchev–Trinajstić information content (AvgIpc) is 2.36. The van der Waals surface area contributed by atoms with Crippen molar-refractivity contribution in [3.05, 3.63) is 59.2 Å². The minimum absolute atomic E-state index is 0.0521. The molecule has 2 rings (SSSR count). The van der Waals surface area contributed by atoms with Crippen molar-refractivity contribution in [3.8, 4) is 11.1 Å². The maximum absolute atomic E-state index is 13.5. The SMILES string of the molecule is O=C(O)c1c(F)cc(-c2ccc(C(F)(F)F)cc2)cc1F. The minimum Gasteiger partial charge on any atom is -0.477 e. The van der Waals surface area contributed by atoms with Crippen LogP contribution in [0.25, 0.3) is 11.1 Å². The van der Waals surface area contributed by atoms with Gasteiger partial charge >= 0.3 is 12.1 Å². The fourth-order valence-electron chi connectivity index (χ4n) is 1.80. The highest BCUT2D eigenvalue weighted by atomic mass is 19.4. The molecule has 0 unspecified atom stereocenters. The molecule has 0 aliphatic rings. The molecule has 110 valence electrons. The molecule has 0 heterocycles. The number of hydrogen-bond donors (Lipinski definition) is 1. The molecular weight excluding hydrogens is 295 g/mol. The summed E-state index contributed by atoms with van der Waals surface area (Å²) in [4.78, 5) is 10.6. The normalized spacial score (nSPS) is 11.5. The smallest absolute Gasteiger partial charge is 0.416 e. The van der Waals surface area contributed by atoms with Gasteiger partial charge in [-0.2, -0.15) is 13.2 Å². The highest BCUT2D eigenvalue weighted by Gasteiger charge is 2.30. The maximum Gasteiger partial charge on any atom is 0.416 e. The largest absolute Gasteiger partial charge is 0.477 e. The fraction of sp³-hybridized carbons (Fsp3) is 0.0714. The Hall–Kier alpha value is -2.44. The van der Waals surface area contributed by atoms with Gasteiger partial charge in [-0.15, -0.1) is 0 Å². The van der Waals surface area contributed by atoms with Gasteiger partial charge in [-0.05, 0) is 35.4 Å². The summed E-state index contributed by atoms with van der Waals surface area (Å²) in [5.74, 6) is -4.35. The van der Waals surface area contributed by atoms with Gasteiger partial charge < -0.3 is 5.11 Å². The summed E-state index contributed by atoms with van der Waals surface area (Å²) in [5, 5.41) is 8.63. The van der Waals surface area contributed by atoms with E-state index in [1.165, 1.54) is 0 Å². The number of benzene rings is 2. The molecule has 7 heteroatoms. The number of carboxylic acid groups (broad SMARTS) is 1. The second-order valence-corrected chi connectivity index (χ2v) is 4.20. The molecule has 0 aromatic heterocycles. The minimum atomic E-state index is -4.51. The van der Waals surface area contributed by atoms with E-state index in [4.69, 9.17) is 5.11 Å². The summed E-state index contributed by atoms with van der Waals surface area (Å²) in [6, 6.07) is 5.17. The van der Waals surface area contributed by atoms with Crippen molar-refractivity contribution in [3.63, 3.8) is 0 Å². The number of hydrogen-bond acceptors (Lipinski definition) is 1. The molecule has 1 N–H and O–H groups in total. The van der Waals surface area contributed by atoms with Gasteiger partial charge in [0.25, 0.3) is 0 Å². The lowest BCUT2D eigenvalue weighted by atomic mass is 10.0. The fourth-order valence-corrected chi connectivity index (χ4v) is 1.80. The van der Waals surface area contributed by atoms with Crippen molar-refractivity contribution >= 4 is 5.97 Å². The van der Waals surface area contributed by atoms with Gasteiger partial charge in [0.05, 0.1) is 5.56 Å². The molecule has 2 nitrogen and oxygen atoms in total. The molecule has 2 aromatic rings. The molecular formula is C14H7F5O2. The first-order chi connectivity index (χ1) is 9.70. The van der Waals surface area contributed by atoms with E-state index < -0.39 is 34.9 Å². The molecule has 0 bridgehead atoms. The number of halogens is 5. The Morgan fingerprint density at radius 2 is 1.38 bits per heavy atom. The Kier molecular flexibility index (Phi) is 3.67. The van der Waals surface area contributed by atoms with Crippen molar-refractivity contribution < 1.29 is 31.9 Å². The predicted molar refractivity (Wildman–Crippen MR) is 63.8 cm³/mol. The van der Waals surface area contributed by atoms with Gasteiger partial charge in [0.1, 0.15) is 17.2 Å². The molecule has 0 radical (unpaired) electrons. The predicted octanol–water partition coefficient (Wildman–Crippen LogP) is 4.35. The van der Waals surface area contributed by atoms with E-state index in [0.29, 0.717) is 0 Å². The number of rotatable bonds is 2. The lowest BCUT2D eigenvalue weighted by Gasteiger charge is -2.09. The first kappa shape index (κ1) is 15.0. The molecule has 0 saturated carbocycles. The topological polar surface area (TPSA) is 37.3 Å². The third-order valence-electron chi connectivity index (χ3n) is 2.80. The van der Waals surface area contributed by atoms with E-state index in [-0.39, 0.29) is 11.1 Å². The van der Waals surface area contributed by atoms with Gasteiger partial charge in [-0.25, -0.2) is 13.6 Å². The molecule has 21 heavy (non-hydrogen) atoms. The van der Waals surface area contributed by atoms with E-state index in [1.54, 1.807) is 0 Å². The summed E-state index contributed by atoms with van der Waals surface area (Å²) in [5.41, 5.74) is -1.92. The average molecular weight is 302 g/mol. The zero-order valence-corrected chi connectivity index (χ0v) is 10.2. The van der Waals surface area contributed by atoms with Crippen molar-refractivity contribution in [2.45, 2.75) is 6.18 Å². The zero-order valence-electron chi connectivity index (χ0n) is 10.2. The number of alkyl halides is 3. The van der Waals surface area contributed by atoms with E-state index in [1.807, 2.05) is 0 Å². The third-order valence-corrected chi connectivity index (χ3v) is 2.80. The molecule has 2 aromatic carbocycles. The molecule has 0 aliphatic heterocycles. The van der Waals surface area contributed by atoms with E-state index in [9.17, 15) is 26.7 Å². The van der Waals surface area contributed by atoms with E-state index in [2.05, 4.69) is 0 Å². The molecule has 0 aliphatic carbocycles. The second kappa shape index (κ2) is 5.16. The maximum atomic E-state index is 13.5. The van der Waals surface area contributed by atoms with Crippen molar-refractivity contribution in [1.82, 2.24) is 0 Å². The Balaban J connectivity index is 2.46. The Bertz CT molecular complexity index is 666. The van der Waals surface area contributed by atoms with Gasteiger partial charge in [-0.3, -0.25) is 0 Å². The molecule has 0 atom stereocenters. The molecule has 0 fully saturated rings. The van der Waals surface area contributed by atoms with E-state index >= 15 is 0 Å². The van der Waals surface area contributed by atoms with Crippen molar-refractivity contribution in [2.75, 3.05) is 0 Å². The molecule has 0 spiro atoms. The van der Waals surface area contributed by atoms with Crippen LogP contribution >= 0.6 is 0 Å². The van der Waals surface area contributed by atoms with E-state index in [0.717, 1.165) is 36.4 Å². The molecule has 0 amide bonds. The first-order valence-electron chi connectivity index (χ1n) is 5.60. The summed E-state index contributed by atoms with van der Waals surface area (Å²) in [6.07, 6.45) is -4.51. The summed E-state index contributed by atoms with van der Waals surface area (Å²) < 4.78 is 64.3. The van der Waals surface area contributed by atoms with Crippen LogP contribution in [-0.4, -0.2) is 11.1 Å². The quantitative estimate of drug-likeness (QED) is 0.837. The van der Waals surface area contributed by atoms with Gasteiger partial charge in [0.15, 0.2) is 0 Å². The number of aromatic carboxylic acids is 1. The summed E-state index contributed by atoms with van der Waals surface area (Å²) in [7, 11) is 0. The second-order valence-electron chi connectivity index (χ2n) is 4.20. The zero-order chi connectivity index (χ0) is 15.8. The number of carbonyl (C=O) groups is 1. The van der Waals surface area contributed by atoms with Crippen LogP contribution in [0, 0.1) is 11.6 Å². The van der Waals surface area contributed by atoms with Gasteiger partial charge in [0, 0.05) is 0 Å². The van der Waals surface area contributed by atoms with Gasteiger partial charge in [0.2, 0.25) is 0 Å². The van der Waals surface area contributed by atoms with Crippen LogP contribution in [0.5, 0.6) is 0 Å².